The summed E-state index contributed by atoms with van der Waals surface area (Å²) in [6, 6.07) is 2.06. The first-order valence-electron chi connectivity index (χ1n) is 7.71. The smallest absolute Gasteiger partial charge is 0.223 e. The summed E-state index contributed by atoms with van der Waals surface area (Å²) in [5.74, 6) is -0.0678. The predicted octanol–water partition coefficient (Wildman–Crippen LogP) is 2.65. The number of hydrogen-bond acceptors (Lipinski definition) is 3. The van der Waals surface area contributed by atoms with Crippen LogP contribution >= 0.6 is 0 Å². The van der Waals surface area contributed by atoms with Crippen molar-refractivity contribution < 1.29 is 5.11 Å². The average Bonchev–Trinajstić information content (AvgIpc) is 2.42. The molecule has 112 valence electrons. The molecule has 0 spiro atoms. The number of aromatic hydroxyl groups is 1. The summed E-state index contributed by atoms with van der Waals surface area (Å²) < 4.78 is 2.10. The van der Waals surface area contributed by atoms with Crippen molar-refractivity contribution in [3.8, 4) is 5.75 Å². The molecule has 0 amide bonds. The van der Waals surface area contributed by atoms with Gasteiger partial charge >= 0.3 is 0 Å². The van der Waals surface area contributed by atoms with Crippen molar-refractivity contribution in [2.75, 3.05) is 6.54 Å². The zero-order valence-electron chi connectivity index (χ0n) is 12.9. The minimum absolute atomic E-state index is 0.0678. The van der Waals surface area contributed by atoms with E-state index in [0.717, 1.165) is 30.9 Å². The molecule has 1 saturated heterocycles. The predicted molar refractivity (Wildman–Crippen MR) is 81.1 cm³/mol. The van der Waals surface area contributed by atoms with Gasteiger partial charge in [-0.3, -0.25) is 9.69 Å². The largest absolute Gasteiger partial charge is 0.503 e. The average molecular weight is 278 g/mol. The Morgan fingerprint density at radius 3 is 2.80 bits per heavy atom. The molecule has 0 radical (unpaired) electrons. The van der Waals surface area contributed by atoms with Crippen LogP contribution in [-0.4, -0.2) is 27.2 Å². The van der Waals surface area contributed by atoms with Gasteiger partial charge in [0.25, 0.3) is 0 Å². The summed E-state index contributed by atoms with van der Waals surface area (Å²) in [7, 11) is 0. The van der Waals surface area contributed by atoms with Crippen LogP contribution in [0.25, 0.3) is 0 Å². The number of nitrogens with zero attached hydrogens (tertiary/aromatic N) is 2. The fraction of sp³-hybridized carbons (Fsp3) is 0.688. The van der Waals surface area contributed by atoms with Crippen LogP contribution < -0.4 is 5.43 Å². The van der Waals surface area contributed by atoms with Gasteiger partial charge in [0, 0.05) is 30.9 Å². The van der Waals surface area contributed by atoms with Crippen molar-refractivity contribution >= 4 is 0 Å². The number of likely N-dealkylation sites (tertiary alicyclic amines) is 1. The third-order valence-electron chi connectivity index (χ3n) is 4.34. The molecule has 0 saturated carbocycles. The summed E-state index contributed by atoms with van der Waals surface area (Å²) in [5, 5.41) is 10.2. The van der Waals surface area contributed by atoms with Gasteiger partial charge in [-0.2, -0.15) is 0 Å². The second kappa shape index (κ2) is 6.44. The lowest BCUT2D eigenvalue weighted by molar-refractivity contribution is 0.146. The lowest BCUT2D eigenvalue weighted by Crippen LogP contribution is -2.38. The standard InChI is InChI=1S/C16H26N2O2/c1-4-8-18-13(3)10-15(19)16(20)14(18)11-17-9-6-5-7-12(17)2/h10,12,20H,4-9,11H2,1-3H3. The van der Waals surface area contributed by atoms with Gasteiger partial charge in [-0.05, 0) is 39.7 Å². The Labute approximate surface area is 121 Å². The Balaban J connectivity index is 2.35. The molecule has 4 heteroatoms. The van der Waals surface area contributed by atoms with Crippen LogP contribution in [0.5, 0.6) is 5.75 Å². The van der Waals surface area contributed by atoms with E-state index in [1.807, 2.05) is 6.92 Å². The summed E-state index contributed by atoms with van der Waals surface area (Å²) in [5.41, 5.74) is 1.47. The zero-order chi connectivity index (χ0) is 14.7. The maximum Gasteiger partial charge on any atom is 0.223 e. The topological polar surface area (TPSA) is 45.5 Å². The van der Waals surface area contributed by atoms with Crippen LogP contribution in [0.3, 0.4) is 0 Å². The van der Waals surface area contributed by atoms with Gasteiger partial charge in [-0.25, -0.2) is 0 Å². The SMILES string of the molecule is CCCn1c(C)cc(=O)c(O)c1CN1CCCCC1C. The van der Waals surface area contributed by atoms with Crippen LogP contribution in [-0.2, 0) is 13.1 Å². The first kappa shape index (κ1) is 15.1. The molecule has 1 aliphatic heterocycles. The summed E-state index contributed by atoms with van der Waals surface area (Å²) in [4.78, 5) is 14.2. The van der Waals surface area contributed by atoms with Crippen molar-refractivity contribution in [3.63, 3.8) is 0 Å². The molecule has 1 atom stereocenters. The summed E-state index contributed by atoms with van der Waals surface area (Å²) in [6.07, 6.45) is 4.67. The Morgan fingerprint density at radius 2 is 2.15 bits per heavy atom. The van der Waals surface area contributed by atoms with Crippen molar-refractivity contribution in [2.45, 2.75) is 65.6 Å². The molecule has 2 heterocycles. The molecule has 4 nitrogen and oxygen atoms in total. The van der Waals surface area contributed by atoms with E-state index >= 15 is 0 Å². The maximum atomic E-state index is 11.9. The molecule has 1 unspecified atom stereocenters. The van der Waals surface area contributed by atoms with Gasteiger partial charge < -0.3 is 9.67 Å². The molecule has 1 aromatic heterocycles. The molecule has 1 fully saturated rings. The number of aryl methyl sites for hydroxylation is 1. The van der Waals surface area contributed by atoms with Gasteiger partial charge in [0.2, 0.25) is 5.43 Å². The highest BCUT2D eigenvalue weighted by Crippen LogP contribution is 2.23. The Kier molecular flexibility index (Phi) is 4.86. The van der Waals surface area contributed by atoms with Crippen molar-refractivity contribution in [2.24, 2.45) is 0 Å². The number of piperidine rings is 1. The quantitative estimate of drug-likeness (QED) is 0.921. The van der Waals surface area contributed by atoms with E-state index in [1.54, 1.807) is 0 Å². The number of rotatable bonds is 4. The molecule has 1 aromatic rings. The number of hydrogen-bond donors (Lipinski definition) is 1. The van der Waals surface area contributed by atoms with Gasteiger partial charge in [-0.1, -0.05) is 13.3 Å². The van der Waals surface area contributed by atoms with E-state index in [-0.39, 0.29) is 11.2 Å². The molecular formula is C16H26N2O2. The Morgan fingerprint density at radius 1 is 1.40 bits per heavy atom. The van der Waals surface area contributed by atoms with E-state index < -0.39 is 0 Å². The highest BCUT2D eigenvalue weighted by atomic mass is 16.3. The molecule has 1 aliphatic rings. The van der Waals surface area contributed by atoms with Gasteiger partial charge in [0.05, 0.1) is 5.69 Å². The van der Waals surface area contributed by atoms with E-state index in [0.29, 0.717) is 12.6 Å². The minimum atomic E-state index is -0.255. The number of pyridine rings is 1. The van der Waals surface area contributed by atoms with E-state index in [9.17, 15) is 9.90 Å². The molecule has 0 aliphatic carbocycles. The Hall–Kier alpha value is -1.29. The van der Waals surface area contributed by atoms with Crippen LogP contribution in [0.2, 0.25) is 0 Å². The van der Waals surface area contributed by atoms with Crippen LogP contribution in [0.15, 0.2) is 10.9 Å². The first-order chi connectivity index (χ1) is 9.54. The molecule has 1 N–H and O–H groups in total. The van der Waals surface area contributed by atoms with Crippen LogP contribution in [0.4, 0.5) is 0 Å². The molecular weight excluding hydrogens is 252 g/mol. The first-order valence-corrected chi connectivity index (χ1v) is 7.71. The van der Waals surface area contributed by atoms with E-state index in [1.165, 1.54) is 25.3 Å². The van der Waals surface area contributed by atoms with Gasteiger partial charge in [0.1, 0.15) is 0 Å². The highest BCUT2D eigenvalue weighted by molar-refractivity contribution is 5.30. The lowest BCUT2D eigenvalue weighted by atomic mass is 10.0. The third kappa shape index (κ3) is 3.06. The Bertz CT molecular complexity index is 522. The van der Waals surface area contributed by atoms with Crippen LogP contribution in [0.1, 0.15) is 50.9 Å². The second-order valence-electron chi connectivity index (χ2n) is 5.91. The molecule has 20 heavy (non-hydrogen) atoms. The van der Waals surface area contributed by atoms with Crippen molar-refractivity contribution in [1.82, 2.24) is 9.47 Å². The van der Waals surface area contributed by atoms with Gasteiger partial charge in [-0.15, -0.1) is 0 Å². The van der Waals surface area contributed by atoms with Crippen molar-refractivity contribution in [3.05, 3.63) is 27.7 Å². The zero-order valence-corrected chi connectivity index (χ0v) is 12.9. The number of aromatic nitrogens is 1. The maximum absolute atomic E-state index is 11.9. The van der Waals surface area contributed by atoms with Crippen LogP contribution in [0, 0.1) is 6.92 Å². The molecule has 0 bridgehead atoms. The van der Waals surface area contributed by atoms with E-state index in [2.05, 4.69) is 23.3 Å². The lowest BCUT2D eigenvalue weighted by Gasteiger charge is -2.34. The minimum Gasteiger partial charge on any atom is -0.503 e. The molecule has 0 aromatic carbocycles. The fourth-order valence-electron chi connectivity index (χ4n) is 3.10. The summed E-state index contributed by atoms with van der Waals surface area (Å²) >= 11 is 0. The fourth-order valence-corrected chi connectivity index (χ4v) is 3.10. The third-order valence-corrected chi connectivity index (χ3v) is 4.34. The monoisotopic (exact) mass is 278 g/mol. The molecule has 2 rings (SSSR count). The van der Waals surface area contributed by atoms with Gasteiger partial charge in [0.15, 0.2) is 5.75 Å². The van der Waals surface area contributed by atoms with Crippen molar-refractivity contribution in [1.29, 1.82) is 0 Å². The highest BCUT2D eigenvalue weighted by Gasteiger charge is 2.22. The van der Waals surface area contributed by atoms with E-state index in [4.69, 9.17) is 0 Å². The second-order valence-corrected chi connectivity index (χ2v) is 5.91. The summed E-state index contributed by atoms with van der Waals surface area (Å²) in [6.45, 7) is 8.85. The normalized spacial score (nSPS) is 20.2.